The zero-order valence-corrected chi connectivity index (χ0v) is 21.6. The van der Waals surface area contributed by atoms with Crippen LogP contribution in [0.2, 0.25) is 0 Å². The van der Waals surface area contributed by atoms with Crippen LogP contribution in [0.5, 0.6) is 0 Å². The van der Waals surface area contributed by atoms with Crippen molar-refractivity contribution < 1.29 is 31.9 Å². The van der Waals surface area contributed by atoms with E-state index in [4.69, 9.17) is 0 Å². The van der Waals surface area contributed by atoms with Crippen molar-refractivity contribution in [3.8, 4) is 10.6 Å². The Morgan fingerprint density at radius 3 is 2.44 bits per heavy atom. The summed E-state index contributed by atoms with van der Waals surface area (Å²) in [4.78, 5) is 19.9. The number of nitrogens with zero attached hydrogens (tertiary/aromatic N) is 8. The van der Waals surface area contributed by atoms with Gasteiger partial charge in [0.2, 0.25) is 6.17 Å². The number of carbonyl (C=O) groups excluding carboxylic acids is 1. The number of alkyl halides is 3. The SMILES string of the molecule is C[C@@H](NC(=O)c1sc(-c2ccc(C3N=NN=N3)cc2)nc1C(F)(F)F)[C@](O)(Cn1cncn1)c1ccc(F)cc1F. The van der Waals surface area contributed by atoms with Gasteiger partial charge in [-0.2, -0.15) is 18.3 Å². The number of aliphatic hydroxyl groups is 1. The van der Waals surface area contributed by atoms with Crippen molar-refractivity contribution in [3.63, 3.8) is 0 Å². The molecule has 0 radical (unpaired) electrons. The van der Waals surface area contributed by atoms with Gasteiger partial charge in [0.15, 0.2) is 5.69 Å². The minimum Gasteiger partial charge on any atom is -0.381 e. The molecule has 1 amide bonds. The molecule has 2 aromatic carbocycles. The molecule has 0 fully saturated rings. The number of aromatic nitrogens is 4. The van der Waals surface area contributed by atoms with E-state index < -0.39 is 64.2 Å². The Kier molecular flexibility index (Phi) is 7.39. The summed E-state index contributed by atoms with van der Waals surface area (Å²) in [5, 5.41) is 32.1. The molecule has 212 valence electrons. The molecule has 2 aromatic heterocycles. The van der Waals surface area contributed by atoms with Crippen molar-refractivity contribution in [2.75, 3.05) is 0 Å². The fraction of sp³-hybridized carbons (Fsp3) is 0.250. The summed E-state index contributed by atoms with van der Waals surface area (Å²) >= 11 is 0.485. The second-order valence-corrected chi connectivity index (χ2v) is 9.94. The van der Waals surface area contributed by atoms with Gasteiger partial charge in [0, 0.05) is 22.8 Å². The van der Waals surface area contributed by atoms with Crippen LogP contribution in [-0.4, -0.2) is 36.8 Å². The molecule has 2 N–H and O–H groups in total. The third-order valence-electron chi connectivity index (χ3n) is 6.25. The number of nitrogens with one attached hydrogen (secondary N) is 1. The third-order valence-corrected chi connectivity index (χ3v) is 7.35. The minimum absolute atomic E-state index is 0.0983. The van der Waals surface area contributed by atoms with E-state index in [9.17, 15) is 31.9 Å². The summed E-state index contributed by atoms with van der Waals surface area (Å²) < 4.78 is 71.4. The Bertz CT molecular complexity index is 1610. The molecule has 3 heterocycles. The van der Waals surface area contributed by atoms with Gasteiger partial charge in [-0.1, -0.05) is 30.3 Å². The molecule has 2 atom stereocenters. The average molecular weight is 592 g/mol. The van der Waals surface area contributed by atoms with Crippen LogP contribution < -0.4 is 5.32 Å². The molecule has 0 aliphatic carbocycles. The molecule has 1 aliphatic heterocycles. The van der Waals surface area contributed by atoms with E-state index in [0.29, 0.717) is 28.5 Å². The summed E-state index contributed by atoms with van der Waals surface area (Å²) in [5.41, 5.74) is -3.24. The molecule has 0 unspecified atom stereocenters. The van der Waals surface area contributed by atoms with Gasteiger partial charge in [0.1, 0.15) is 39.8 Å². The fourth-order valence-electron chi connectivity index (χ4n) is 4.13. The van der Waals surface area contributed by atoms with E-state index in [-0.39, 0.29) is 5.01 Å². The van der Waals surface area contributed by atoms with E-state index >= 15 is 0 Å². The maximum absolute atomic E-state index is 14.8. The molecular formula is C24H18F5N9O2S. The molecule has 17 heteroatoms. The van der Waals surface area contributed by atoms with Crippen LogP contribution in [0, 0.1) is 11.6 Å². The maximum atomic E-state index is 14.8. The number of halogens is 5. The van der Waals surface area contributed by atoms with Gasteiger partial charge < -0.3 is 10.4 Å². The molecule has 0 saturated heterocycles. The number of thiazole rings is 1. The number of hydrogen-bond donors (Lipinski definition) is 2. The second kappa shape index (κ2) is 10.8. The Morgan fingerprint density at radius 1 is 1.12 bits per heavy atom. The highest BCUT2D eigenvalue weighted by Gasteiger charge is 2.43. The summed E-state index contributed by atoms with van der Waals surface area (Å²) in [6.07, 6.45) is -3.29. The van der Waals surface area contributed by atoms with Gasteiger partial charge in [0.25, 0.3) is 5.91 Å². The van der Waals surface area contributed by atoms with Crippen LogP contribution in [0.25, 0.3) is 10.6 Å². The lowest BCUT2D eigenvalue weighted by molar-refractivity contribution is -0.141. The van der Waals surface area contributed by atoms with E-state index in [1.165, 1.54) is 25.4 Å². The first-order valence-corrected chi connectivity index (χ1v) is 12.6. The first-order chi connectivity index (χ1) is 19.5. The number of rotatable bonds is 8. The topological polar surface area (TPSA) is 142 Å². The Balaban J connectivity index is 1.46. The predicted octanol–water partition coefficient (Wildman–Crippen LogP) is 5.24. The largest absolute Gasteiger partial charge is 0.435 e. The second-order valence-electron chi connectivity index (χ2n) is 8.94. The first kappa shape index (κ1) is 28.0. The van der Waals surface area contributed by atoms with Crippen molar-refractivity contribution in [2.45, 2.75) is 37.5 Å². The predicted molar refractivity (Wildman–Crippen MR) is 132 cm³/mol. The van der Waals surface area contributed by atoms with Crippen molar-refractivity contribution in [3.05, 3.63) is 88.5 Å². The quantitative estimate of drug-likeness (QED) is 0.270. The van der Waals surface area contributed by atoms with Crippen molar-refractivity contribution in [1.29, 1.82) is 0 Å². The van der Waals surface area contributed by atoms with Crippen LogP contribution in [0.15, 0.2) is 75.8 Å². The van der Waals surface area contributed by atoms with Crippen molar-refractivity contribution in [2.24, 2.45) is 20.7 Å². The first-order valence-electron chi connectivity index (χ1n) is 11.7. The molecular weight excluding hydrogens is 573 g/mol. The lowest BCUT2D eigenvalue weighted by Gasteiger charge is -2.35. The van der Waals surface area contributed by atoms with Gasteiger partial charge in [-0.05, 0) is 23.4 Å². The lowest BCUT2D eigenvalue weighted by atomic mass is 9.86. The van der Waals surface area contributed by atoms with E-state index in [1.807, 2.05) is 0 Å². The molecule has 11 nitrogen and oxygen atoms in total. The summed E-state index contributed by atoms with van der Waals surface area (Å²) in [7, 11) is 0. The minimum atomic E-state index is -4.99. The van der Waals surface area contributed by atoms with Crippen LogP contribution in [0.3, 0.4) is 0 Å². The third kappa shape index (κ3) is 5.71. The summed E-state index contributed by atoms with van der Waals surface area (Å²) in [5.74, 6) is -3.26. The summed E-state index contributed by atoms with van der Waals surface area (Å²) in [6.45, 7) is 0.798. The van der Waals surface area contributed by atoms with Gasteiger partial charge in [-0.25, -0.2) is 23.4 Å². The van der Waals surface area contributed by atoms with Crippen LogP contribution >= 0.6 is 11.3 Å². The van der Waals surface area contributed by atoms with E-state index in [0.717, 1.165) is 23.1 Å². The lowest BCUT2D eigenvalue weighted by Crippen LogP contribution is -2.52. The molecule has 1 aliphatic rings. The molecule has 0 saturated carbocycles. The fourth-order valence-corrected chi connectivity index (χ4v) is 5.12. The summed E-state index contributed by atoms with van der Waals surface area (Å²) in [6, 6.07) is 7.15. The number of carbonyl (C=O) groups is 1. The highest BCUT2D eigenvalue weighted by molar-refractivity contribution is 7.17. The maximum Gasteiger partial charge on any atom is 0.435 e. The van der Waals surface area contributed by atoms with Crippen LogP contribution in [0.4, 0.5) is 22.0 Å². The van der Waals surface area contributed by atoms with Crippen LogP contribution in [0.1, 0.15) is 39.6 Å². The zero-order chi connectivity index (χ0) is 29.4. The zero-order valence-electron chi connectivity index (χ0n) is 20.8. The monoisotopic (exact) mass is 591 g/mol. The molecule has 5 rings (SSSR count). The molecule has 0 bridgehead atoms. The normalized spacial score (nSPS) is 15.7. The van der Waals surface area contributed by atoms with E-state index in [2.05, 4.69) is 41.1 Å². The van der Waals surface area contributed by atoms with Gasteiger partial charge in [-0.3, -0.25) is 4.79 Å². The van der Waals surface area contributed by atoms with Crippen molar-refractivity contribution >= 4 is 17.2 Å². The highest BCUT2D eigenvalue weighted by atomic mass is 32.1. The number of amides is 1. The Morgan fingerprint density at radius 2 is 1.83 bits per heavy atom. The Hall–Kier alpha value is -4.51. The van der Waals surface area contributed by atoms with Gasteiger partial charge in [-0.15, -0.1) is 21.6 Å². The standard InChI is InChI=1S/C24H18F5N9O2S/c1-12(23(40,9-38-11-30-10-31-38)16-7-6-15(25)8-17(16)26)32-21(39)18-19(24(27,28)29)33-22(41-18)14-4-2-13(3-5-14)20-34-36-37-35-20/h2-8,10-12,20,40H,9H2,1H3,(H,32,39)/t12-,23-/m1/s1. The number of hydrogen-bond acceptors (Lipinski definition) is 10. The highest BCUT2D eigenvalue weighted by Crippen LogP contribution is 2.39. The van der Waals surface area contributed by atoms with Gasteiger partial charge in [0.05, 0.1) is 12.6 Å². The molecule has 4 aromatic rings. The molecule has 0 spiro atoms. The molecule has 41 heavy (non-hydrogen) atoms. The average Bonchev–Trinajstić information content (AvgIpc) is 3.70. The van der Waals surface area contributed by atoms with Crippen LogP contribution in [-0.2, 0) is 18.3 Å². The van der Waals surface area contributed by atoms with Gasteiger partial charge >= 0.3 is 6.18 Å². The van der Waals surface area contributed by atoms with E-state index in [1.54, 1.807) is 12.1 Å². The Labute approximate surface area is 231 Å². The smallest absolute Gasteiger partial charge is 0.381 e. The number of benzene rings is 2. The van der Waals surface area contributed by atoms with Crippen molar-refractivity contribution in [1.82, 2.24) is 25.1 Å².